The summed E-state index contributed by atoms with van der Waals surface area (Å²) < 4.78 is 25.8. The smallest absolute Gasteiger partial charge is 0.258 e. The monoisotopic (exact) mass is 256 g/mol. The van der Waals surface area contributed by atoms with Crippen LogP contribution in [0.2, 0.25) is 0 Å². The van der Waals surface area contributed by atoms with Gasteiger partial charge in [-0.15, -0.1) is 0 Å². The van der Waals surface area contributed by atoms with Crippen LogP contribution in [-0.2, 0) is 10.0 Å². The molecule has 17 heavy (non-hydrogen) atoms. The summed E-state index contributed by atoms with van der Waals surface area (Å²) in [7, 11) is -3.73. The van der Waals surface area contributed by atoms with Crippen LogP contribution in [0.25, 0.3) is 0 Å². The molecule has 0 aromatic heterocycles. The molecule has 0 saturated carbocycles. The van der Waals surface area contributed by atoms with Crippen molar-refractivity contribution in [1.29, 1.82) is 0 Å². The van der Waals surface area contributed by atoms with Gasteiger partial charge in [-0.2, -0.15) is 0 Å². The lowest BCUT2D eigenvalue weighted by Crippen LogP contribution is -2.25. The fraction of sp³-hybridized carbons (Fsp3) is 0.200. The predicted octanol–water partition coefficient (Wildman–Crippen LogP) is 1.45. The van der Waals surface area contributed by atoms with Crippen LogP contribution in [0.4, 0.5) is 5.69 Å². The third-order valence-corrected chi connectivity index (χ3v) is 3.30. The molecule has 1 rings (SSSR count). The van der Waals surface area contributed by atoms with Gasteiger partial charge < -0.3 is 0 Å². The van der Waals surface area contributed by atoms with E-state index in [1.54, 1.807) is 6.92 Å². The minimum atomic E-state index is -3.73. The number of nitrogens with one attached hydrogen (secondary N) is 1. The Morgan fingerprint density at radius 3 is 2.71 bits per heavy atom. The maximum absolute atomic E-state index is 11.7. The molecule has 0 spiro atoms. The van der Waals surface area contributed by atoms with Crippen LogP contribution >= 0.6 is 0 Å². The number of hydrogen-bond acceptors (Lipinski definition) is 4. The van der Waals surface area contributed by atoms with Crippen LogP contribution in [0.1, 0.15) is 6.92 Å². The molecular weight excluding hydrogens is 244 g/mol. The van der Waals surface area contributed by atoms with Crippen molar-refractivity contribution in [3.63, 3.8) is 0 Å². The lowest BCUT2D eigenvalue weighted by Gasteiger charge is -2.05. The van der Waals surface area contributed by atoms with E-state index in [2.05, 4.69) is 11.3 Å². The van der Waals surface area contributed by atoms with Gasteiger partial charge in [0, 0.05) is 18.7 Å². The van der Waals surface area contributed by atoms with Crippen LogP contribution in [0.15, 0.2) is 41.3 Å². The van der Waals surface area contributed by atoms with Gasteiger partial charge in [0.25, 0.3) is 5.69 Å². The third kappa shape index (κ3) is 3.65. The van der Waals surface area contributed by atoms with E-state index in [-0.39, 0.29) is 17.1 Å². The molecular formula is C10H12N2O4S. The Labute approximate surface area is 99.2 Å². The number of nitrogens with zero attached hydrogens (tertiary/aromatic N) is 1. The molecule has 0 saturated heterocycles. The average Bonchev–Trinajstić information content (AvgIpc) is 2.27. The number of benzene rings is 1. The van der Waals surface area contributed by atoms with Crippen LogP contribution in [0.3, 0.4) is 0 Å². The van der Waals surface area contributed by atoms with Gasteiger partial charge in [0.2, 0.25) is 10.0 Å². The van der Waals surface area contributed by atoms with Crippen molar-refractivity contribution in [2.75, 3.05) is 6.54 Å². The molecule has 0 aliphatic rings. The normalized spacial score (nSPS) is 11.1. The minimum absolute atomic E-state index is 0.102. The van der Waals surface area contributed by atoms with Gasteiger partial charge in [0.1, 0.15) is 0 Å². The summed E-state index contributed by atoms with van der Waals surface area (Å²) >= 11 is 0. The van der Waals surface area contributed by atoms with Crippen molar-refractivity contribution in [1.82, 2.24) is 4.72 Å². The van der Waals surface area contributed by atoms with Gasteiger partial charge in [-0.25, -0.2) is 13.1 Å². The molecule has 1 N–H and O–H groups in total. The van der Waals surface area contributed by atoms with Crippen molar-refractivity contribution in [2.24, 2.45) is 0 Å². The standard InChI is InChI=1S/C10H12N2O4S/c1-8(2)7-11-17(15,16)10-5-3-4-9(6-10)12(13)14/h3-6,11H,1,7H2,2H3. The van der Waals surface area contributed by atoms with Gasteiger partial charge in [-0.05, 0) is 13.0 Å². The number of nitro benzene ring substituents is 1. The minimum Gasteiger partial charge on any atom is -0.258 e. The fourth-order valence-corrected chi connectivity index (χ4v) is 2.20. The molecule has 0 amide bonds. The van der Waals surface area contributed by atoms with E-state index >= 15 is 0 Å². The lowest BCUT2D eigenvalue weighted by molar-refractivity contribution is -0.385. The van der Waals surface area contributed by atoms with E-state index in [4.69, 9.17) is 0 Å². The molecule has 0 aliphatic heterocycles. The molecule has 6 nitrogen and oxygen atoms in total. The first-order chi connectivity index (χ1) is 7.83. The molecule has 0 aliphatic carbocycles. The van der Waals surface area contributed by atoms with E-state index < -0.39 is 14.9 Å². The molecule has 1 aromatic rings. The Balaban J connectivity index is 3.03. The lowest BCUT2D eigenvalue weighted by atomic mass is 10.3. The summed E-state index contributed by atoms with van der Waals surface area (Å²) in [5.74, 6) is 0. The summed E-state index contributed by atoms with van der Waals surface area (Å²) in [6, 6.07) is 4.87. The van der Waals surface area contributed by atoms with Crippen LogP contribution < -0.4 is 4.72 Å². The highest BCUT2D eigenvalue weighted by Crippen LogP contribution is 2.16. The Kier molecular flexibility index (Phi) is 3.97. The molecule has 0 radical (unpaired) electrons. The largest absolute Gasteiger partial charge is 0.270 e. The second-order valence-corrected chi connectivity index (χ2v) is 5.30. The van der Waals surface area contributed by atoms with E-state index in [1.807, 2.05) is 0 Å². The molecule has 0 bridgehead atoms. The Bertz CT molecular complexity index is 551. The summed E-state index contributed by atoms with van der Waals surface area (Å²) in [5, 5.41) is 10.5. The van der Waals surface area contributed by atoms with Crippen molar-refractivity contribution in [3.05, 3.63) is 46.5 Å². The van der Waals surface area contributed by atoms with Crippen molar-refractivity contribution < 1.29 is 13.3 Å². The third-order valence-electron chi connectivity index (χ3n) is 1.90. The first-order valence-electron chi connectivity index (χ1n) is 4.71. The number of non-ortho nitro benzene ring substituents is 1. The zero-order chi connectivity index (χ0) is 13.1. The topological polar surface area (TPSA) is 89.3 Å². The number of sulfonamides is 1. The number of hydrogen-bond donors (Lipinski definition) is 1. The van der Waals surface area contributed by atoms with Crippen LogP contribution in [-0.4, -0.2) is 19.9 Å². The quantitative estimate of drug-likeness (QED) is 0.490. The second-order valence-electron chi connectivity index (χ2n) is 3.54. The molecule has 92 valence electrons. The molecule has 0 unspecified atom stereocenters. The van der Waals surface area contributed by atoms with Crippen LogP contribution in [0.5, 0.6) is 0 Å². The maximum Gasteiger partial charge on any atom is 0.270 e. The molecule has 1 aromatic carbocycles. The van der Waals surface area contributed by atoms with E-state index in [1.165, 1.54) is 18.2 Å². The Morgan fingerprint density at radius 2 is 2.18 bits per heavy atom. The van der Waals surface area contributed by atoms with Gasteiger partial charge >= 0.3 is 0 Å². The first-order valence-corrected chi connectivity index (χ1v) is 6.20. The zero-order valence-corrected chi connectivity index (χ0v) is 10.0. The first kappa shape index (κ1) is 13.3. The SMILES string of the molecule is C=C(C)CNS(=O)(=O)c1cccc([N+](=O)[O-])c1. The van der Waals surface area contributed by atoms with Crippen LogP contribution in [0, 0.1) is 10.1 Å². The van der Waals surface area contributed by atoms with Crippen molar-refractivity contribution in [2.45, 2.75) is 11.8 Å². The molecule has 7 heteroatoms. The van der Waals surface area contributed by atoms with Crippen molar-refractivity contribution >= 4 is 15.7 Å². The van der Waals surface area contributed by atoms with Gasteiger partial charge in [0.05, 0.1) is 9.82 Å². The average molecular weight is 256 g/mol. The van der Waals surface area contributed by atoms with Gasteiger partial charge in [0.15, 0.2) is 0 Å². The fourth-order valence-electron chi connectivity index (χ4n) is 1.07. The van der Waals surface area contributed by atoms with E-state index in [9.17, 15) is 18.5 Å². The number of nitro groups is 1. The molecule has 0 atom stereocenters. The Morgan fingerprint density at radius 1 is 1.53 bits per heavy atom. The number of rotatable bonds is 5. The summed E-state index contributed by atoms with van der Waals surface area (Å²) in [6.45, 7) is 5.34. The molecule has 0 fully saturated rings. The van der Waals surface area contributed by atoms with E-state index in [0.29, 0.717) is 5.57 Å². The van der Waals surface area contributed by atoms with E-state index in [0.717, 1.165) is 6.07 Å². The van der Waals surface area contributed by atoms with Gasteiger partial charge in [-0.3, -0.25) is 10.1 Å². The Hall–Kier alpha value is -1.73. The zero-order valence-electron chi connectivity index (χ0n) is 9.21. The van der Waals surface area contributed by atoms with Gasteiger partial charge in [-0.1, -0.05) is 18.2 Å². The molecule has 0 heterocycles. The predicted molar refractivity (Wildman–Crippen MR) is 63.1 cm³/mol. The summed E-state index contributed by atoms with van der Waals surface area (Å²) in [4.78, 5) is 9.75. The highest BCUT2D eigenvalue weighted by molar-refractivity contribution is 7.89. The van der Waals surface area contributed by atoms with Crippen molar-refractivity contribution in [3.8, 4) is 0 Å². The second kappa shape index (κ2) is 5.07. The highest BCUT2D eigenvalue weighted by atomic mass is 32.2. The summed E-state index contributed by atoms with van der Waals surface area (Å²) in [5.41, 5.74) is 0.391. The maximum atomic E-state index is 11.7. The summed E-state index contributed by atoms with van der Waals surface area (Å²) in [6.07, 6.45) is 0. The highest BCUT2D eigenvalue weighted by Gasteiger charge is 2.16.